The van der Waals surface area contributed by atoms with Gasteiger partial charge in [0.15, 0.2) is 5.82 Å². The molecular formula is C46H63F2N7O4. The summed E-state index contributed by atoms with van der Waals surface area (Å²) >= 11 is 0. The fourth-order valence-corrected chi connectivity index (χ4v) is 8.97. The summed E-state index contributed by atoms with van der Waals surface area (Å²) in [5, 5.41) is 6.87. The number of likely N-dealkylation sites (N-methyl/N-ethyl adjacent to an activating group) is 1. The number of carbonyl (C=O) groups excluding carboxylic acids is 4. The zero-order valence-corrected chi connectivity index (χ0v) is 36.1. The summed E-state index contributed by atoms with van der Waals surface area (Å²) in [7, 11) is 1.74. The van der Waals surface area contributed by atoms with Crippen LogP contribution in [0.4, 0.5) is 8.78 Å². The van der Waals surface area contributed by atoms with Crippen LogP contribution < -0.4 is 10.6 Å². The van der Waals surface area contributed by atoms with Crippen LogP contribution in [0.15, 0.2) is 36.4 Å². The number of aromatic amines is 1. The Morgan fingerprint density at radius 2 is 1.59 bits per heavy atom. The first-order valence-corrected chi connectivity index (χ1v) is 21.6. The molecule has 0 bridgehead atoms. The molecule has 320 valence electrons. The van der Waals surface area contributed by atoms with Gasteiger partial charge in [0, 0.05) is 66.9 Å². The maximum absolute atomic E-state index is 14.8. The molecule has 2 aliphatic rings. The number of ketones is 1. The zero-order valence-electron chi connectivity index (χ0n) is 36.1. The topological polar surface area (TPSA) is 132 Å². The lowest BCUT2D eigenvalue weighted by molar-refractivity contribution is -0.141. The Morgan fingerprint density at radius 1 is 0.932 bits per heavy atom. The van der Waals surface area contributed by atoms with Crippen molar-refractivity contribution in [3.05, 3.63) is 53.6 Å². The van der Waals surface area contributed by atoms with Gasteiger partial charge < -0.3 is 30.0 Å². The van der Waals surface area contributed by atoms with Gasteiger partial charge in [0.1, 0.15) is 23.5 Å². The second kappa shape index (κ2) is 18.3. The lowest BCUT2D eigenvalue weighted by Crippen LogP contribution is -2.56. The van der Waals surface area contributed by atoms with Gasteiger partial charge in [-0.05, 0) is 100 Å². The van der Waals surface area contributed by atoms with Crippen molar-refractivity contribution in [2.24, 2.45) is 17.3 Å². The predicted molar refractivity (Wildman–Crippen MR) is 228 cm³/mol. The SMILES string of the molecule is CCCC(CC(=O)C(C)NC)C(=O)N1CCCC1Cc1c(-c2nc3cc(F)ccc3n2CC2CCCN2C(=O)C(NC(=O)C(C)CC)C(C)(C)C)[nH]c2cc(F)ccc12. The number of carbonyl (C=O) groups is 4. The van der Waals surface area contributed by atoms with Crippen molar-refractivity contribution in [2.45, 2.75) is 137 Å². The molecule has 0 aliphatic carbocycles. The van der Waals surface area contributed by atoms with Crippen molar-refractivity contribution in [1.82, 2.24) is 35.0 Å². The maximum Gasteiger partial charge on any atom is 0.246 e. The summed E-state index contributed by atoms with van der Waals surface area (Å²) in [6.07, 6.45) is 5.78. The first-order chi connectivity index (χ1) is 28.1. The largest absolute Gasteiger partial charge is 0.352 e. The fraction of sp³-hybridized carbons (Fsp3) is 0.587. The van der Waals surface area contributed by atoms with E-state index in [2.05, 4.69) is 15.6 Å². The van der Waals surface area contributed by atoms with Gasteiger partial charge in [-0.3, -0.25) is 19.2 Å². The van der Waals surface area contributed by atoms with E-state index in [1.807, 2.05) is 62.8 Å². The molecule has 4 aromatic rings. The van der Waals surface area contributed by atoms with Crippen LogP contribution in [0.1, 0.15) is 105 Å². The maximum atomic E-state index is 14.8. The highest BCUT2D eigenvalue weighted by molar-refractivity contribution is 5.93. The van der Waals surface area contributed by atoms with Gasteiger partial charge in [-0.1, -0.05) is 48.0 Å². The third-order valence-corrected chi connectivity index (χ3v) is 12.8. The number of hydrogen-bond acceptors (Lipinski definition) is 6. The highest BCUT2D eigenvalue weighted by Gasteiger charge is 2.41. The molecular weight excluding hydrogens is 753 g/mol. The Kier molecular flexibility index (Phi) is 13.6. The Labute approximate surface area is 347 Å². The number of likely N-dealkylation sites (tertiary alicyclic amines) is 2. The molecule has 3 amide bonds. The van der Waals surface area contributed by atoms with Crippen LogP contribution in [0.5, 0.6) is 0 Å². The number of rotatable bonds is 16. The predicted octanol–water partition coefficient (Wildman–Crippen LogP) is 7.55. The van der Waals surface area contributed by atoms with Gasteiger partial charge in [0.05, 0.1) is 22.8 Å². The first kappa shape index (κ1) is 43.9. The van der Waals surface area contributed by atoms with Crippen LogP contribution in [0.2, 0.25) is 0 Å². The van der Waals surface area contributed by atoms with E-state index in [4.69, 9.17) is 4.98 Å². The minimum Gasteiger partial charge on any atom is -0.352 e. The molecule has 0 spiro atoms. The summed E-state index contributed by atoms with van der Waals surface area (Å²) in [4.78, 5) is 67.2. The zero-order chi connectivity index (χ0) is 42.8. The van der Waals surface area contributed by atoms with E-state index in [0.717, 1.165) is 43.1 Å². The van der Waals surface area contributed by atoms with E-state index < -0.39 is 29.0 Å². The standard InChI is InChI=1S/C46H63F2N7O4/c1-9-13-29(22-39(56)28(4)49-8)44(58)53-20-11-14-32(53)25-35-34-18-16-30(47)23-36(34)50-40(35)42-51-37-24-31(48)17-19-38(37)55(42)26-33-15-12-21-54(33)45(59)41(46(5,6)7)52-43(57)27(3)10-2/h16-19,23-24,27-29,32-33,41,49-50H,9-15,20-22,25-26H2,1-8H3,(H,52,57). The first-order valence-electron chi connectivity index (χ1n) is 21.6. The van der Waals surface area contributed by atoms with Gasteiger partial charge >= 0.3 is 0 Å². The van der Waals surface area contributed by atoms with Gasteiger partial charge in [-0.15, -0.1) is 0 Å². The summed E-state index contributed by atoms with van der Waals surface area (Å²) in [5.74, 6) is -1.24. The van der Waals surface area contributed by atoms with E-state index in [0.29, 0.717) is 67.0 Å². The minimum atomic E-state index is -0.730. The fourth-order valence-electron chi connectivity index (χ4n) is 8.97. The van der Waals surface area contributed by atoms with E-state index in [9.17, 15) is 28.0 Å². The molecule has 11 nitrogen and oxygen atoms in total. The van der Waals surface area contributed by atoms with Crippen molar-refractivity contribution < 1.29 is 28.0 Å². The Hall–Kier alpha value is -4.65. The van der Waals surface area contributed by atoms with Gasteiger partial charge in [-0.25, -0.2) is 13.8 Å². The molecule has 6 unspecified atom stereocenters. The molecule has 59 heavy (non-hydrogen) atoms. The number of Topliss-reactive ketones (excluding diaryl/α,β-unsaturated/α-hetero) is 1. The van der Waals surface area contributed by atoms with E-state index in [1.54, 1.807) is 19.2 Å². The molecule has 6 atom stereocenters. The Balaban J connectivity index is 1.39. The number of H-pyrrole nitrogens is 1. The molecule has 3 N–H and O–H groups in total. The number of fused-ring (bicyclic) bond motifs is 2. The molecule has 2 fully saturated rings. The number of amides is 3. The Morgan fingerprint density at radius 3 is 2.25 bits per heavy atom. The van der Waals surface area contributed by atoms with Crippen LogP contribution in [-0.2, 0) is 32.1 Å². The van der Waals surface area contributed by atoms with Crippen LogP contribution in [0.3, 0.4) is 0 Å². The normalized spacial score (nSPS) is 19.4. The molecule has 6 rings (SSSR count). The van der Waals surface area contributed by atoms with Crippen molar-refractivity contribution in [3.63, 3.8) is 0 Å². The molecule has 2 aromatic heterocycles. The second-order valence-corrected chi connectivity index (χ2v) is 18.0. The third-order valence-electron chi connectivity index (χ3n) is 12.8. The minimum absolute atomic E-state index is 0.0126. The number of halogens is 2. The number of nitrogens with one attached hydrogen (secondary N) is 3. The van der Waals surface area contributed by atoms with Crippen LogP contribution in [-0.4, -0.2) is 92.1 Å². The quantitative estimate of drug-likeness (QED) is 0.107. The summed E-state index contributed by atoms with van der Waals surface area (Å²) in [6, 6.07) is 7.66. The lowest BCUT2D eigenvalue weighted by Gasteiger charge is -2.36. The lowest BCUT2D eigenvalue weighted by atomic mass is 9.85. The number of hydrogen-bond donors (Lipinski definition) is 3. The average Bonchev–Trinajstić information content (AvgIpc) is 4.01. The molecule has 0 radical (unpaired) electrons. The van der Waals surface area contributed by atoms with Crippen molar-refractivity contribution >= 4 is 45.4 Å². The Bertz CT molecular complexity index is 2170. The monoisotopic (exact) mass is 815 g/mol. The molecule has 0 saturated carbocycles. The number of imidazole rings is 1. The van der Waals surface area contributed by atoms with Crippen molar-refractivity contribution in [2.75, 3.05) is 20.1 Å². The highest BCUT2D eigenvalue weighted by atomic mass is 19.1. The van der Waals surface area contributed by atoms with Gasteiger partial charge in [-0.2, -0.15) is 0 Å². The third kappa shape index (κ3) is 9.40. The van der Waals surface area contributed by atoms with E-state index >= 15 is 0 Å². The number of benzene rings is 2. The summed E-state index contributed by atoms with van der Waals surface area (Å²) in [6.45, 7) is 15.0. The molecule has 2 aromatic carbocycles. The van der Waals surface area contributed by atoms with Gasteiger partial charge in [0.25, 0.3) is 0 Å². The van der Waals surface area contributed by atoms with E-state index in [1.165, 1.54) is 24.3 Å². The van der Waals surface area contributed by atoms with Crippen molar-refractivity contribution in [1.29, 1.82) is 0 Å². The van der Waals surface area contributed by atoms with Crippen LogP contribution in [0, 0.1) is 28.9 Å². The molecule has 2 aliphatic heterocycles. The van der Waals surface area contributed by atoms with E-state index in [-0.39, 0.29) is 54.0 Å². The highest BCUT2D eigenvalue weighted by Crippen LogP contribution is 2.37. The van der Waals surface area contributed by atoms with Crippen molar-refractivity contribution in [3.8, 4) is 11.5 Å². The molecule has 2 saturated heterocycles. The molecule has 13 heteroatoms. The van der Waals surface area contributed by atoms with Crippen LogP contribution >= 0.6 is 0 Å². The average molecular weight is 816 g/mol. The van der Waals surface area contributed by atoms with Crippen LogP contribution in [0.25, 0.3) is 33.5 Å². The van der Waals surface area contributed by atoms with Gasteiger partial charge in [0.2, 0.25) is 17.7 Å². The summed E-state index contributed by atoms with van der Waals surface area (Å²) < 4.78 is 31.7. The smallest absolute Gasteiger partial charge is 0.246 e. The summed E-state index contributed by atoms with van der Waals surface area (Å²) in [5.41, 5.74) is 2.69. The molecule has 4 heterocycles. The number of nitrogens with zero attached hydrogens (tertiary/aromatic N) is 4. The second-order valence-electron chi connectivity index (χ2n) is 18.0. The number of aromatic nitrogens is 3.